The first-order valence-corrected chi connectivity index (χ1v) is 6.24. The van der Waals surface area contributed by atoms with Gasteiger partial charge in [-0.25, -0.2) is 0 Å². The second-order valence-electron chi connectivity index (χ2n) is 4.37. The zero-order valence-corrected chi connectivity index (χ0v) is 10.7. The maximum atomic E-state index is 5.67. The third kappa shape index (κ3) is 1.85. The van der Waals surface area contributed by atoms with Gasteiger partial charge >= 0.3 is 0 Å². The molecule has 0 saturated heterocycles. The number of nitrogens with two attached hydrogens (primary N) is 1. The van der Waals surface area contributed by atoms with Gasteiger partial charge in [-0.15, -0.1) is 0 Å². The van der Waals surface area contributed by atoms with Gasteiger partial charge in [0, 0.05) is 35.4 Å². The highest BCUT2D eigenvalue weighted by atomic mass is 32.1. The predicted octanol–water partition coefficient (Wildman–Crippen LogP) is 3.11. The minimum Gasteiger partial charge on any atom is -0.345 e. The molecule has 1 aromatic heterocycles. The maximum Gasteiger partial charge on any atom is 0.0486 e. The molecule has 2 aromatic rings. The minimum absolute atomic E-state index is 0.472. The number of hydrogen-bond donors (Lipinski definition) is 2. The van der Waals surface area contributed by atoms with Crippen molar-refractivity contribution in [3.05, 3.63) is 35.5 Å². The Hall–Kier alpha value is -0.930. The lowest BCUT2D eigenvalue weighted by atomic mass is 10.1. The Balaban J connectivity index is 2.69. The van der Waals surface area contributed by atoms with Crippen molar-refractivity contribution >= 4 is 23.5 Å². The summed E-state index contributed by atoms with van der Waals surface area (Å²) in [6, 6.07) is 6.91. The van der Waals surface area contributed by atoms with Crippen LogP contribution in [0.15, 0.2) is 24.4 Å². The molecule has 0 aliphatic rings. The van der Waals surface area contributed by atoms with Crippen LogP contribution in [0.2, 0.25) is 0 Å². The van der Waals surface area contributed by atoms with Crippen LogP contribution < -0.4 is 5.73 Å². The molecule has 1 aromatic carbocycles. The molecule has 0 amide bonds. The van der Waals surface area contributed by atoms with Gasteiger partial charge in [0.05, 0.1) is 0 Å². The zero-order chi connectivity index (χ0) is 11.7. The molecule has 0 bridgehead atoms. The Morgan fingerprint density at radius 2 is 2.12 bits per heavy atom. The van der Waals surface area contributed by atoms with Crippen LogP contribution in [0.25, 0.3) is 10.9 Å². The smallest absolute Gasteiger partial charge is 0.0486 e. The monoisotopic (exact) mass is 234 g/mol. The van der Waals surface area contributed by atoms with Crippen molar-refractivity contribution in [1.29, 1.82) is 0 Å². The van der Waals surface area contributed by atoms with E-state index in [1.807, 2.05) is 0 Å². The summed E-state index contributed by atoms with van der Waals surface area (Å²) in [5.41, 5.74) is 9.41. The first-order chi connectivity index (χ1) is 7.67. The molecule has 0 saturated carbocycles. The molecule has 86 valence electrons. The topological polar surface area (TPSA) is 30.9 Å². The highest BCUT2D eigenvalue weighted by Crippen LogP contribution is 2.26. The van der Waals surface area contributed by atoms with Crippen molar-refractivity contribution in [2.45, 2.75) is 32.2 Å². The first-order valence-electron chi connectivity index (χ1n) is 5.60. The van der Waals surface area contributed by atoms with E-state index in [-0.39, 0.29) is 0 Å². The molecule has 0 spiro atoms. The number of thiol groups is 1. The summed E-state index contributed by atoms with van der Waals surface area (Å²) in [5.74, 6) is 0.768. The molecular formula is C13H18N2S. The summed E-state index contributed by atoms with van der Waals surface area (Å²) >= 11 is 4.39. The zero-order valence-electron chi connectivity index (χ0n) is 9.77. The molecule has 2 N–H and O–H groups in total. The maximum absolute atomic E-state index is 5.67. The van der Waals surface area contributed by atoms with Crippen molar-refractivity contribution in [3.8, 4) is 0 Å². The molecular weight excluding hydrogens is 216 g/mol. The summed E-state index contributed by atoms with van der Waals surface area (Å²) in [4.78, 5) is 0. The molecule has 0 unspecified atom stereocenters. The highest BCUT2D eigenvalue weighted by molar-refractivity contribution is 7.79. The fourth-order valence-electron chi connectivity index (χ4n) is 2.05. The lowest BCUT2D eigenvalue weighted by Crippen LogP contribution is -1.99. The van der Waals surface area contributed by atoms with E-state index in [9.17, 15) is 0 Å². The lowest BCUT2D eigenvalue weighted by molar-refractivity contribution is 0.621. The number of nitrogens with zero attached hydrogens (tertiary/aromatic N) is 1. The molecule has 3 heteroatoms. The molecule has 0 aliphatic carbocycles. The van der Waals surface area contributed by atoms with Crippen LogP contribution in [0, 0.1) is 0 Å². The van der Waals surface area contributed by atoms with Crippen LogP contribution in [0.3, 0.4) is 0 Å². The predicted molar refractivity (Wildman–Crippen MR) is 72.9 cm³/mol. The summed E-state index contributed by atoms with van der Waals surface area (Å²) in [7, 11) is 0. The summed E-state index contributed by atoms with van der Waals surface area (Å²) in [5, 5.41) is 1.28. The van der Waals surface area contributed by atoms with Gasteiger partial charge in [0.25, 0.3) is 0 Å². The van der Waals surface area contributed by atoms with Crippen molar-refractivity contribution in [2.24, 2.45) is 5.73 Å². The van der Waals surface area contributed by atoms with E-state index in [1.165, 1.54) is 22.0 Å². The Morgan fingerprint density at radius 1 is 1.38 bits per heavy atom. The van der Waals surface area contributed by atoms with Crippen LogP contribution >= 0.6 is 12.6 Å². The van der Waals surface area contributed by atoms with Gasteiger partial charge < -0.3 is 10.3 Å². The number of fused-ring (bicyclic) bond motifs is 1. The molecule has 16 heavy (non-hydrogen) atoms. The average Bonchev–Trinajstić information content (AvgIpc) is 2.66. The molecule has 2 rings (SSSR count). The standard InChI is InChI=1S/C13H18N2S/c1-9(2)15-7-11(8-16)12-5-10(6-14)3-4-13(12)15/h3-5,7,9,16H,6,8,14H2,1-2H3. The Bertz CT molecular complexity index is 500. The third-order valence-electron chi connectivity index (χ3n) is 2.94. The van der Waals surface area contributed by atoms with Crippen LogP contribution in [0.1, 0.15) is 31.0 Å². The third-order valence-corrected chi connectivity index (χ3v) is 3.28. The van der Waals surface area contributed by atoms with E-state index in [0.717, 1.165) is 5.75 Å². The van der Waals surface area contributed by atoms with Crippen molar-refractivity contribution < 1.29 is 0 Å². The quantitative estimate of drug-likeness (QED) is 0.786. The first kappa shape index (κ1) is 11.6. The molecule has 0 fully saturated rings. The van der Waals surface area contributed by atoms with E-state index in [2.05, 4.69) is 55.4 Å². The van der Waals surface area contributed by atoms with Crippen LogP contribution in [0.5, 0.6) is 0 Å². The molecule has 0 atom stereocenters. The van der Waals surface area contributed by atoms with E-state index in [4.69, 9.17) is 5.73 Å². The average molecular weight is 234 g/mol. The summed E-state index contributed by atoms with van der Waals surface area (Å²) in [6.45, 7) is 4.98. The van der Waals surface area contributed by atoms with Crippen molar-refractivity contribution in [2.75, 3.05) is 0 Å². The minimum atomic E-state index is 0.472. The van der Waals surface area contributed by atoms with Gasteiger partial charge in [0.2, 0.25) is 0 Å². The number of benzene rings is 1. The Labute approximate surface area is 102 Å². The second-order valence-corrected chi connectivity index (χ2v) is 4.69. The van der Waals surface area contributed by atoms with Gasteiger partial charge in [0.15, 0.2) is 0 Å². The van der Waals surface area contributed by atoms with E-state index in [1.54, 1.807) is 0 Å². The van der Waals surface area contributed by atoms with Crippen LogP contribution in [0.4, 0.5) is 0 Å². The SMILES string of the molecule is CC(C)n1cc(CS)c2cc(CN)ccc21. The second kappa shape index (κ2) is 4.52. The number of rotatable bonds is 3. The Kier molecular flexibility index (Phi) is 3.26. The van der Waals surface area contributed by atoms with Gasteiger partial charge in [-0.2, -0.15) is 12.6 Å². The van der Waals surface area contributed by atoms with Gasteiger partial charge in [0.1, 0.15) is 0 Å². The molecule has 1 heterocycles. The normalized spacial score (nSPS) is 11.6. The fourth-order valence-corrected chi connectivity index (χ4v) is 2.30. The van der Waals surface area contributed by atoms with Crippen molar-refractivity contribution in [1.82, 2.24) is 4.57 Å². The molecule has 0 aliphatic heterocycles. The number of aromatic nitrogens is 1. The summed E-state index contributed by atoms with van der Waals surface area (Å²) in [6.07, 6.45) is 2.20. The van der Waals surface area contributed by atoms with Gasteiger partial charge in [-0.05, 0) is 37.1 Å². The van der Waals surface area contributed by atoms with E-state index < -0.39 is 0 Å². The van der Waals surface area contributed by atoms with Crippen LogP contribution in [-0.4, -0.2) is 4.57 Å². The fraction of sp³-hybridized carbons (Fsp3) is 0.385. The van der Waals surface area contributed by atoms with Gasteiger partial charge in [-0.1, -0.05) is 6.07 Å². The van der Waals surface area contributed by atoms with E-state index >= 15 is 0 Å². The molecule has 0 radical (unpaired) electrons. The number of hydrogen-bond acceptors (Lipinski definition) is 2. The lowest BCUT2D eigenvalue weighted by Gasteiger charge is -2.09. The largest absolute Gasteiger partial charge is 0.345 e. The van der Waals surface area contributed by atoms with Crippen molar-refractivity contribution in [3.63, 3.8) is 0 Å². The Morgan fingerprint density at radius 3 is 2.69 bits per heavy atom. The summed E-state index contributed by atoms with van der Waals surface area (Å²) < 4.78 is 2.29. The highest BCUT2D eigenvalue weighted by Gasteiger charge is 2.09. The van der Waals surface area contributed by atoms with Crippen LogP contribution in [-0.2, 0) is 12.3 Å². The van der Waals surface area contributed by atoms with E-state index in [0.29, 0.717) is 12.6 Å². The van der Waals surface area contributed by atoms with Gasteiger partial charge in [-0.3, -0.25) is 0 Å². The molecule has 2 nitrogen and oxygen atoms in total.